The molecule has 0 fully saturated rings. The number of rotatable bonds is 7. The van der Waals surface area contributed by atoms with Crippen molar-refractivity contribution in [3.63, 3.8) is 0 Å². The highest BCUT2D eigenvalue weighted by Crippen LogP contribution is 2.49. The lowest BCUT2D eigenvalue weighted by atomic mass is 9.60. The van der Waals surface area contributed by atoms with E-state index in [2.05, 4.69) is 59.8 Å². The second-order valence-corrected chi connectivity index (χ2v) is 9.06. The summed E-state index contributed by atoms with van der Waals surface area (Å²) in [6.45, 7) is 16.0. The van der Waals surface area contributed by atoms with E-state index in [1.807, 2.05) is 12.1 Å². The molecule has 1 amide bonds. The van der Waals surface area contributed by atoms with Crippen LogP contribution in [0.5, 0.6) is 5.75 Å². The molecule has 3 heteroatoms. The van der Waals surface area contributed by atoms with Gasteiger partial charge in [-0.3, -0.25) is 4.79 Å². The second kappa shape index (κ2) is 7.01. The van der Waals surface area contributed by atoms with Crippen LogP contribution in [0.2, 0.25) is 0 Å². The summed E-state index contributed by atoms with van der Waals surface area (Å²) in [4.78, 5) is 11.6. The topological polar surface area (TPSA) is 38.3 Å². The van der Waals surface area contributed by atoms with Crippen LogP contribution in [0, 0.1) is 10.8 Å². The molecule has 0 spiro atoms. The fourth-order valence-electron chi connectivity index (χ4n) is 4.25. The van der Waals surface area contributed by atoms with Crippen molar-refractivity contribution < 1.29 is 9.53 Å². The van der Waals surface area contributed by atoms with Gasteiger partial charge in [0.1, 0.15) is 11.4 Å². The van der Waals surface area contributed by atoms with Crippen LogP contribution in [0.25, 0.3) is 0 Å². The minimum atomic E-state index is -0.276. The quantitative estimate of drug-likeness (QED) is 0.661. The number of hydrogen-bond acceptors (Lipinski definition) is 2. The van der Waals surface area contributed by atoms with Crippen molar-refractivity contribution in [1.29, 1.82) is 0 Å². The summed E-state index contributed by atoms with van der Waals surface area (Å²) < 4.78 is 6.37. The molecule has 140 valence electrons. The van der Waals surface area contributed by atoms with Crippen molar-refractivity contribution in [2.24, 2.45) is 10.8 Å². The Morgan fingerprint density at radius 1 is 1.04 bits per heavy atom. The van der Waals surface area contributed by atoms with Crippen LogP contribution < -0.4 is 10.1 Å². The average molecular weight is 346 g/mol. The van der Waals surface area contributed by atoms with Gasteiger partial charge in [-0.1, -0.05) is 53.5 Å². The molecule has 1 aromatic rings. The number of carbonyl (C=O) groups is 1. The summed E-state index contributed by atoms with van der Waals surface area (Å²) in [6.07, 6.45) is 4.68. The van der Waals surface area contributed by atoms with Gasteiger partial charge in [0.15, 0.2) is 0 Å². The van der Waals surface area contributed by atoms with Gasteiger partial charge in [-0.15, -0.1) is 0 Å². The zero-order valence-electron chi connectivity index (χ0n) is 17.1. The van der Waals surface area contributed by atoms with E-state index in [4.69, 9.17) is 4.74 Å². The summed E-state index contributed by atoms with van der Waals surface area (Å²) in [5, 5.41) is 2.96. The first-order valence-electron chi connectivity index (χ1n) is 9.64. The minimum Gasteiger partial charge on any atom is -0.488 e. The Morgan fingerprint density at radius 2 is 1.68 bits per heavy atom. The largest absolute Gasteiger partial charge is 0.488 e. The number of amides is 1. The summed E-state index contributed by atoms with van der Waals surface area (Å²) in [6, 6.07) is 6.08. The van der Waals surface area contributed by atoms with Crippen LogP contribution in [0.3, 0.4) is 0 Å². The Bertz CT molecular complexity index is 627. The van der Waals surface area contributed by atoms with Crippen LogP contribution in [0.4, 0.5) is 5.69 Å². The monoisotopic (exact) mass is 345 g/mol. The predicted octanol–water partition coefficient (Wildman–Crippen LogP) is 5.97. The number of hydrogen-bond donors (Lipinski definition) is 1. The first-order valence-corrected chi connectivity index (χ1v) is 9.64. The standard InChI is InChI=1S/C22H35NO2/c1-8-22(7,9-2)20(3,4)15-21(5,6)25-17-12-10-16-11-13-19(24)23-18(16)14-17/h10,12,14H,8-9,11,13,15H2,1-7H3,(H,23,24). The van der Waals surface area contributed by atoms with Crippen molar-refractivity contribution in [1.82, 2.24) is 0 Å². The molecule has 0 aromatic heterocycles. The highest BCUT2D eigenvalue weighted by atomic mass is 16.5. The predicted molar refractivity (Wildman–Crippen MR) is 105 cm³/mol. The molecule has 1 heterocycles. The van der Waals surface area contributed by atoms with Crippen molar-refractivity contribution in [3.8, 4) is 5.75 Å². The lowest BCUT2D eigenvalue weighted by molar-refractivity contribution is -0.116. The zero-order valence-corrected chi connectivity index (χ0v) is 17.1. The maximum atomic E-state index is 11.6. The van der Waals surface area contributed by atoms with Crippen molar-refractivity contribution >= 4 is 11.6 Å². The van der Waals surface area contributed by atoms with Gasteiger partial charge >= 0.3 is 0 Å². The van der Waals surface area contributed by atoms with Gasteiger partial charge in [0.25, 0.3) is 0 Å². The molecule has 25 heavy (non-hydrogen) atoms. The van der Waals surface area contributed by atoms with Crippen LogP contribution in [0.15, 0.2) is 18.2 Å². The molecule has 1 aliphatic rings. The van der Waals surface area contributed by atoms with E-state index < -0.39 is 0 Å². The first-order chi connectivity index (χ1) is 11.5. The normalized spacial score (nSPS) is 15.6. The molecule has 1 N–H and O–H groups in total. The Kier molecular flexibility index (Phi) is 5.56. The summed E-state index contributed by atoms with van der Waals surface area (Å²) in [5.74, 6) is 0.920. The number of anilines is 1. The molecular formula is C22H35NO2. The first kappa shape index (κ1) is 19.8. The molecule has 1 aliphatic heterocycles. The fourth-order valence-corrected chi connectivity index (χ4v) is 4.25. The van der Waals surface area contributed by atoms with E-state index in [0.717, 1.165) is 37.1 Å². The fraction of sp³-hybridized carbons (Fsp3) is 0.682. The number of carbonyl (C=O) groups excluding carboxylic acids is 1. The van der Waals surface area contributed by atoms with Gasteiger partial charge in [-0.25, -0.2) is 0 Å². The number of nitrogens with one attached hydrogen (secondary N) is 1. The Labute approximate surface area is 153 Å². The van der Waals surface area contributed by atoms with Gasteiger partial charge in [-0.2, -0.15) is 0 Å². The van der Waals surface area contributed by atoms with Crippen LogP contribution in [0.1, 0.15) is 79.7 Å². The van der Waals surface area contributed by atoms with E-state index in [-0.39, 0.29) is 22.3 Å². The second-order valence-electron chi connectivity index (χ2n) is 9.06. The number of aryl methyl sites for hydroxylation is 1. The van der Waals surface area contributed by atoms with E-state index in [9.17, 15) is 4.79 Å². The van der Waals surface area contributed by atoms with E-state index in [0.29, 0.717) is 6.42 Å². The Balaban J connectivity index is 2.16. The van der Waals surface area contributed by atoms with Crippen LogP contribution in [-0.4, -0.2) is 11.5 Å². The molecule has 0 saturated carbocycles. The van der Waals surface area contributed by atoms with E-state index in [1.165, 1.54) is 5.56 Å². The summed E-state index contributed by atoms with van der Waals surface area (Å²) in [7, 11) is 0. The van der Waals surface area contributed by atoms with Crippen LogP contribution >= 0.6 is 0 Å². The van der Waals surface area contributed by atoms with Gasteiger partial charge in [0.2, 0.25) is 5.91 Å². The van der Waals surface area contributed by atoms with Crippen molar-refractivity contribution in [2.45, 2.75) is 86.2 Å². The maximum Gasteiger partial charge on any atom is 0.224 e. The van der Waals surface area contributed by atoms with Gasteiger partial charge in [0.05, 0.1) is 0 Å². The highest BCUT2D eigenvalue weighted by Gasteiger charge is 2.42. The highest BCUT2D eigenvalue weighted by molar-refractivity contribution is 5.94. The zero-order chi connectivity index (χ0) is 18.9. The van der Waals surface area contributed by atoms with Gasteiger partial charge in [0, 0.05) is 18.2 Å². The number of ether oxygens (including phenoxy) is 1. The molecule has 2 rings (SSSR count). The average Bonchev–Trinajstić information content (AvgIpc) is 2.51. The molecule has 0 unspecified atom stereocenters. The molecule has 0 aliphatic carbocycles. The smallest absolute Gasteiger partial charge is 0.224 e. The summed E-state index contributed by atoms with van der Waals surface area (Å²) in [5.41, 5.74) is 2.27. The minimum absolute atomic E-state index is 0.0895. The van der Waals surface area contributed by atoms with Gasteiger partial charge < -0.3 is 10.1 Å². The third-order valence-corrected chi connectivity index (χ3v) is 6.43. The lowest BCUT2D eigenvalue weighted by Crippen LogP contribution is -2.42. The van der Waals surface area contributed by atoms with E-state index in [1.54, 1.807) is 0 Å². The third-order valence-electron chi connectivity index (χ3n) is 6.43. The maximum absolute atomic E-state index is 11.6. The molecule has 3 nitrogen and oxygen atoms in total. The molecule has 0 radical (unpaired) electrons. The van der Waals surface area contributed by atoms with Crippen molar-refractivity contribution in [3.05, 3.63) is 23.8 Å². The number of benzene rings is 1. The molecule has 0 saturated heterocycles. The Morgan fingerprint density at radius 3 is 2.28 bits per heavy atom. The third kappa shape index (κ3) is 4.37. The lowest BCUT2D eigenvalue weighted by Gasteiger charge is -2.47. The van der Waals surface area contributed by atoms with Crippen molar-refractivity contribution in [2.75, 3.05) is 5.32 Å². The molecular weight excluding hydrogens is 310 g/mol. The van der Waals surface area contributed by atoms with Crippen LogP contribution in [-0.2, 0) is 11.2 Å². The molecule has 0 bridgehead atoms. The van der Waals surface area contributed by atoms with E-state index >= 15 is 0 Å². The molecule has 0 atom stereocenters. The molecule has 1 aromatic carbocycles. The summed E-state index contributed by atoms with van der Waals surface area (Å²) >= 11 is 0. The Hall–Kier alpha value is -1.51. The van der Waals surface area contributed by atoms with Gasteiger partial charge in [-0.05, 0) is 49.1 Å². The number of fused-ring (bicyclic) bond motifs is 1. The SMILES string of the molecule is CCC(C)(CC)C(C)(C)CC(C)(C)Oc1ccc2c(c1)NC(=O)CC2.